The van der Waals surface area contributed by atoms with E-state index in [0.29, 0.717) is 0 Å². The van der Waals surface area contributed by atoms with E-state index >= 15 is 0 Å². The molecule has 2 aromatic carbocycles. The summed E-state index contributed by atoms with van der Waals surface area (Å²) in [6.45, 7) is 0. The van der Waals surface area contributed by atoms with Crippen LogP contribution in [0, 0.1) is 0 Å². The minimum absolute atomic E-state index is 0. The van der Waals surface area contributed by atoms with Crippen LogP contribution in [-0.4, -0.2) is 36.5 Å². The molecule has 0 aliphatic carbocycles. The summed E-state index contributed by atoms with van der Waals surface area (Å²) in [6, 6.07) is 5.64. The van der Waals surface area contributed by atoms with Crippen molar-refractivity contribution < 1.29 is 66.5 Å². The van der Waals surface area contributed by atoms with Crippen LogP contribution in [0.15, 0.2) is 39.5 Å². The molecule has 25 heavy (non-hydrogen) atoms. The molecule has 0 spiro atoms. The number of benzene rings is 2. The van der Waals surface area contributed by atoms with Crippen molar-refractivity contribution in [2.75, 3.05) is 0 Å². The zero-order valence-electron chi connectivity index (χ0n) is 11.9. The third-order valence-electron chi connectivity index (χ3n) is 3.17. The standard InChI is InChI=1S/C15H10O7.Cu.H4Si.Zn/c16-7-4-10(19)12-11(5-7)22-15(14(21)13(12)20)6-1-2-8(17)9(18)3-6;;;/h1-5,16-19,21H;;1H4;. The smallest absolute Gasteiger partial charge is 0.238 e. The Bertz CT molecular complexity index is 974. The fourth-order valence-corrected chi connectivity index (χ4v) is 2.14. The Morgan fingerprint density at radius 2 is 1.48 bits per heavy atom. The second kappa shape index (κ2) is 8.40. The van der Waals surface area contributed by atoms with Crippen molar-refractivity contribution >= 4 is 21.9 Å². The Morgan fingerprint density at radius 3 is 2.08 bits per heavy atom. The van der Waals surface area contributed by atoms with Crippen molar-refractivity contribution in [2.45, 2.75) is 0 Å². The second-order valence-electron chi connectivity index (χ2n) is 4.65. The number of phenolic OH excluding ortho intramolecular Hbond substituents is 4. The topological polar surface area (TPSA) is 131 Å². The van der Waals surface area contributed by atoms with Gasteiger partial charge in [0.15, 0.2) is 17.3 Å². The first-order valence-corrected chi connectivity index (χ1v) is 6.12. The van der Waals surface area contributed by atoms with Crippen LogP contribution in [0.5, 0.6) is 28.7 Å². The molecule has 1 aromatic heterocycles. The summed E-state index contributed by atoms with van der Waals surface area (Å²) in [5, 5.41) is 47.6. The summed E-state index contributed by atoms with van der Waals surface area (Å²) in [5.74, 6) is -2.71. The molecule has 0 saturated heterocycles. The van der Waals surface area contributed by atoms with E-state index in [9.17, 15) is 30.3 Å². The van der Waals surface area contributed by atoms with Crippen LogP contribution in [0.2, 0.25) is 0 Å². The van der Waals surface area contributed by atoms with E-state index in [2.05, 4.69) is 0 Å². The van der Waals surface area contributed by atoms with Gasteiger partial charge in [-0.15, -0.1) is 0 Å². The molecular formula is C15H14CuO7SiZn. The van der Waals surface area contributed by atoms with E-state index < -0.39 is 22.7 Å². The normalized spacial score (nSPS) is 9.60. The molecule has 0 atom stereocenters. The average molecular weight is 463 g/mol. The average Bonchev–Trinajstić information content (AvgIpc) is 2.45. The van der Waals surface area contributed by atoms with Crippen LogP contribution < -0.4 is 5.43 Å². The molecule has 0 unspecified atom stereocenters. The number of hydrogen-bond acceptors (Lipinski definition) is 7. The van der Waals surface area contributed by atoms with Crippen molar-refractivity contribution in [3.8, 4) is 40.1 Å². The zero-order chi connectivity index (χ0) is 16.0. The molecule has 5 N–H and O–H groups in total. The van der Waals surface area contributed by atoms with Gasteiger partial charge in [0.2, 0.25) is 11.2 Å². The quantitative estimate of drug-likeness (QED) is 0.263. The van der Waals surface area contributed by atoms with E-state index in [4.69, 9.17) is 4.42 Å². The molecule has 133 valence electrons. The Hall–Kier alpha value is -1.99. The monoisotopic (exact) mass is 461 g/mol. The minimum Gasteiger partial charge on any atom is -0.508 e. The van der Waals surface area contributed by atoms with E-state index in [0.717, 1.165) is 24.3 Å². The summed E-state index contributed by atoms with van der Waals surface area (Å²) in [5.41, 5.74) is -0.890. The Labute approximate surface area is 168 Å². The predicted octanol–water partition coefficient (Wildman–Crippen LogP) is 0.531. The molecule has 3 aromatic rings. The molecule has 0 aliphatic heterocycles. The largest absolute Gasteiger partial charge is 0.508 e. The van der Waals surface area contributed by atoms with Gasteiger partial charge in [-0.2, -0.15) is 0 Å². The number of phenols is 4. The molecule has 0 aliphatic rings. The molecule has 0 amide bonds. The summed E-state index contributed by atoms with van der Waals surface area (Å²) < 4.78 is 5.35. The first-order chi connectivity index (χ1) is 10.4. The Balaban J connectivity index is 0.00000192. The molecule has 1 radical (unpaired) electrons. The molecule has 0 fully saturated rings. The Kier molecular flexibility index (Phi) is 7.73. The van der Waals surface area contributed by atoms with Gasteiger partial charge in [0, 0.05) is 54.2 Å². The molecule has 7 nitrogen and oxygen atoms in total. The van der Waals surface area contributed by atoms with Gasteiger partial charge in [-0.1, -0.05) is 0 Å². The number of fused-ring (bicyclic) bond motifs is 1. The SMILES string of the molecule is O=c1c(O)c(-c2ccc(O)c(O)c2)oc2cc(O)cc(O)c12.[Cu].[SiH4].[Zn]. The number of hydrogen-bond donors (Lipinski definition) is 5. The number of rotatable bonds is 1. The van der Waals surface area contributed by atoms with Crippen molar-refractivity contribution in [1.29, 1.82) is 0 Å². The van der Waals surface area contributed by atoms with Gasteiger partial charge in [0.25, 0.3) is 0 Å². The van der Waals surface area contributed by atoms with Crippen LogP contribution in [0.25, 0.3) is 22.3 Å². The van der Waals surface area contributed by atoms with E-state index in [1.165, 1.54) is 6.07 Å². The van der Waals surface area contributed by atoms with Gasteiger partial charge < -0.3 is 29.9 Å². The fraction of sp³-hybridized carbons (Fsp3) is 0. The van der Waals surface area contributed by atoms with Crippen LogP contribution in [0.1, 0.15) is 0 Å². The third-order valence-corrected chi connectivity index (χ3v) is 3.17. The molecule has 10 heteroatoms. The summed E-state index contributed by atoms with van der Waals surface area (Å²) in [6.07, 6.45) is 0. The summed E-state index contributed by atoms with van der Waals surface area (Å²) in [7, 11) is 0. The van der Waals surface area contributed by atoms with Gasteiger partial charge in [0.1, 0.15) is 22.5 Å². The fourth-order valence-electron chi connectivity index (χ4n) is 2.14. The van der Waals surface area contributed by atoms with Crippen LogP contribution in [0.4, 0.5) is 0 Å². The minimum atomic E-state index is -0.888. The first-order valence-electron chi connectivity index (χ1n) is 6.12. The molecular weight excluding hydrogens is 449 g/mol. The van der Waals surface area contributed by atoms with Crippen LogP contribution in [-0.2, 0) is 36.5 Å². The predicted molar refractivity (Wildman–Crippen MR) is 87.6 cm³/mol. The van der Waals surface area contributed by atoms with Gasteiger partial charge in [-0.25, -0.2) is 0 Å². The third kappa shape index (κ3) is 3.99. The Morgan fingerprint density at radius 1 is 0.840 bits per heavy atom. The second-order valence-corrected chi connectivity index (χ2v) is 4.65. The zero-order valence-corrected chi connectivity index (χ0v) is 15.9. The van der Waals surface area contributed by atoms with E-state index in [-0.39, 0.29) is 81.3 Å². The van der Waals surface area contributed by atoms with Crippen molar-refractivity contribution in [2.24, 2.45) is 0 Å². The van der Waals surface area contributed by atoms with Gasteiger partial charge in [-0.3, -0.25) is 4.79 Å². The maximum atomic E-state index is 12.1. The molecule has 0 bridgehead atoms. The number of aromatic hydroxyl groups is 5. The maximum absolute atomic E-state index is 12.1. The van der Waals surface area contributed by atoms with Crippen LogP contribution >= 0.6 is 0 Å². The van der Waals surface area contributed by atoms with Crippen molar-refractivity contribution in [3.05, 3.63) is 40.6 Å². The van der Waals surface area contributed by atoms with Gasteiger partial charge in [0.05, 0.1) is 0 Å². The molecule has 1 heterocycles. The first kappa shape index (κ1) is 23.0. The molecule has 3 rings (SSSR count). The van der Waals surface area contributed by atoms with Gasteiger partial charge >= 0.3 is 0 Å². The summed E-state index contributed by atoms with van der Waals surface area (Å²) in [4.78, 5) is 12.1. The summed E-state index contributed by atoms with van der Waals surface area (Å²) >= 11 is 0. The van der Waals surface area contributed by atoms with Crippen molar-refractivity contribution in [1.82, 2.24) is 0 Å². The van der Waals surface area contributed by atoms with Crippen LogP contribution in [0.3, 0.4) is 0 Å². The van der Waals surface area contributed by atoms with E-state index in [1.807, 2.05) is 0 Å². The molecule has 0 saturated carbocycles. The van der Waals surface area contributed by atoms with E-state index in [1.54, 1.807) is 0 Å². The maximum Gasteiger partial charge on any atom is 0.238 e. The van der Waals surface area contributed by atoms with Crippen molar-refractivity contribution in [3.63, 3.8) is 0 Å². The van der Waals surface area contributed by atoms with Gasteiger partial charge in [-0.05, 0) is 29.2 Å².